The number of hydrogen-bond acceptors (Lipinski definition) is 5. The van der Waals surface area contributed by atoms with E-state index in [1.54, 1.807) is 5.38 Å². The van der Waals surface area contributed by atoms with Crippen molar-refractivity contribution in [3.8, 4) is 0 Å². The zero-order chi connectivity index (χ0) is 11.5. The molecule has 2 rings (SSSR count). The van der Waals surface area contributed by atoms with Gasteiger partial charge >= 0.3 is 5.97 Å². The molecule has 0 spiro atoms. The van der Waals surface area contributed by atoms with Gasteiger partial charge in [-0.1, -0.05) is 6.92 Å². The highest BCUT2D eigenvalue weighted by molar-refractivity contribution is 7.09. The van der Waals surface area contributed by atoms with Gasteiger partial charge in [0.25, 0.3) is 0 Å². The van der Waals surface area contributed by atoms with Crippen LogP contribution in [0.2, 0.25) is 0 Å². The van der Waals surface area contributed by atoms with E-state index in [-0.39, 0.29) is 11.8 Å². The number of carboxylic acid groups (broad SMARTS) is 1. The average Bonchev–Trinajstić information content (AvgIpc) is 2.78. The molecule has 0 bridgehead atoms. The van der Waals surface area contributed by atoms with Crippen molar-refractivity contribution in [3.05, 3.63) is 16.1 Å². The van der Waals surface area contributed by atoms with Crippen molar-refractivity contribution in [2.75, 3.05) is 26.2 Å². The summed E-state index contributed by atoms with van der Waals surface area (Å²) < 4.78 is 5.60. The van der Waals surface area contributed by atoms with E-state index in [1.165, 1.54) is 11.3 Å². The number of likely N-dealkylation sites (N-methyl/N-ethyl adjacent to an activating group) is 1. The molecule has 2 heterocycles. The summed E-state index contributed by atoms with van der Waals surface area (Å²) in [5.41, 5.74) is 0.109. The molecule has 1 aliphatic heterocycles. The smallest absolute Gasteiger partial charge is 0.355 e. The first-order chi connectivity index (χ1) is 7.70. The molecule has 1 saturated heterocycles. The molecule has 1 aromatic heterocycles. The maximum atomic E-state index is 10.7. The molecule has 1 atom stereocenters. The van der Waals surface area contributed by atoms with E-state index in [0.29, 0.717) is 6.61 Å². The van der Waals surface area contributed by atoms with Crippen LogP contribution < -0.4 is 0 Å². The van der Waals surface area contributed by atoms with Crippen LogP contribution in [0, 0.1) is 0 Å². The van der Waals surface area contributed by atoms with E-state index >= 15 is 0 Å². The summed E-state index contributed by atoms with van der Waals surface area (Å²) in [5, 5.41) is 11.1. The van der Waals surface area contributed by atoms with Gasteiger partial charge in [-0.25, -0.2) is 9.78 Å². The standard InChI is InChI=1S/C10H14N2O3S/c1-2-12-3-4-15-8(5-12)9-11-7(6-16-9)10(13)14/h6,8H,2-5H2,1H3,(H,13,14). The first-order valence-corrected chi connectivity index (χ1v) is 6.11. The molecule has 0 radical (unpaired) electrons. The molecule has 6 heteroatoms. The Morgan fingerprint density at radius 3 is 3.25 bits per heavy atom. The molecule has 1 aromatic rings. The van der Waals surface area contributed by atoms with E-state index in [0.717, 1.165) is 24.6 Å². The molecule has 0 aromatic carbocycles. The largest absolute Gasteiger partial charge is 0.476 e. The Morgan fingerprint density at radius 1 is 1.81 bits per heavy atom. The van der Waals surface area contributed by atoms with Gasteiger partial charge in [0.05, 0.1) is 6.61 Å². The maximum Gasteiger partial charge on any atom is 0.355 e. The lowest BCUT2D eigenvalue weighted by atomic mass is 10.3. The van der Waals surface area contributed by atoms with Crippen LogP contribution in [0.25, 0.3) is 0 Å². The number of hydrogen-bond donors (Lipinski definition) is 1. The normalized spacial score (nSPS) is 22.2. The van der Waals surface area contributed by atoms with E-state index in [4.69, 9.17) is 9.84 Å². The number of nitrogens with zero attached hydrogens (tertiary/aromatic N) is 2. The van der Waals surface area contributed by atoms with Gasteiger partial charge in [-0.3, -0.25) is 4.90 Å². The number of carboxylic acids is 1. The average molecular weight is 242 g/mol. The molecular formula is C10H14N2O3S. The van der Waals surface area contributed by atoms with E-state index in [2.05, 4.69) is 16.8 Å². The van der Waals surface area contributed by atoms with Crippen LogP contribution in [-0.4, -0.2) is 47.2 Å². The molecule has 5 nitrogen and oxygen atoms in total. The van der Waals surface area contributed by atoms with Gasteiger partial charge in [0, 0.05) is 18.5 Å². The molecule has 0 amide bonds. The van der Waals surface area contributed by atoms with Gasteiger partial charge in [0.2, 0.25) is 0 Å². The fourth-order valence-electron chi connectivity index (χ4n) is 1.67. The second-order valence-corrected chi connectivity index (χ2v) is 4.52. The Labute approximate surface area is 97.7 Å². The monoisotopic (exact) mass is 242 g/mol. The summed E-state index contributed by atoms with van der Waals surface area (Å²) in [6.45, 7) is 5.50. The SMILES string of the molecule is CCN1CCOC(c2nc(C(=O)O)cs2)C1. The van der Waals surface area contributed by atoms with Crippen molar-refractivity contribution in [1.82, 2.24) is 9.88 Å². The molecular weight excluding hydrogens is 228 g/mol. The topological polar surface area (TPSA) is 62.7 Å². The quantitative estimate of drug-likeness (QED) is 0.864. The summed E-state index contributed by atoms with van der Waals surface area (Å²) in [4.78, 5) is 17.1. The zero-order valence-electron chi connectivity index (χ0n) is 9.05. The number of ether oxygens (including phenoxy) is 1. The van der Waals surface area contributed by atoms with Crippen molar-refractivity contribution >= 4 is 17.3 Å². The summed E-state index contributed by atoms with van der Waals surface area (Å²) >= 11 is 1.35. The van der Waals surface area contributed by atoms with Crippen molar-refractivity contribution in [1.29, 1.82) is 0 Å². The summed E-state index contributed by atoms with van der Waals surface area (Å²) in [6.07, 6.45) is -0.0770. The van der Waals surface area contributed by atoms with Gasteiger partial charge < -0.3 is 9.84 Å². The van der Waals surface area contributed by atoms with Gasteiger partial charge in [-0.05, 0) is 6.54 Å². The third kappa shape index (κ3) is 2.40. The van der Waals surface area contributed by atoms with Crippen LogP contribution in [0.4, 0.5) is 0 Å². The molecule has 0 saturated carbocycles. The van der Waals surface area contributed by atoms with Gasteiger partial charge in [0.1, 0.15) is 11.1 Å². The molecule has 88 valence electrons. The van der Waals surface area contributed by atoms with E-state index < -0.39 is 5.97 Å². The Balaban J connectivity index is 2.08. The van der Waals surface area contributed by atoms with Crippen molar-refractivity contribution in [2.24, 2.45) is 0 Å². The Kier molecular flexibility index (Phi) is 3.52. The first kappa shape index (κ1) is 11.5. The summed E-state index contributed by atoms with van der Waals surface area (Å²) in [7, 11) is 0. The highest BCUT2D eigenvalue weighted by Gasteiger charge is 2.24. The lowest BCUT2D eigenvalue weighted by Crippen LogP contribution is -2.38. The third-order valence-electron chi connectivity index (χ3n) is 2.61. The maximum absolute atomic E-state index is 10.7. The van der Waals surface area contributed by atoms with Crippen molar-refractivity contribution in [2.45, 2.75) is 13.0 Å². The predicted octanol–water partition coefficient (Wildman–Crippen LogP) is 1.23. The zero-order valence-corrected chi connectivity index (χ0v) is 9.87. The minimum absolute atomic E-state index is 0.0770. The summed E-state index contributed by atoms with van der Waals surface area (Å²) in [5.74, 6) is -0.981. The molecule has 1 N–H and O–H groups in total. The summed E-state index contributed by atoms with van der Waals surface area (Å²) in [6, 6.07) is 0. The lowest BCUT2D eigenvalue weighted by molar-refractivity contribution is -0.0283. The second-order valence-electron chi connectivity index (χ2n) is 3.63. The van der Waals surface area contributed by atoms with Crippen molar-refractivity contribution in [3.63, 3.8) is 0 Å². The Bertz CT molecular complexity index is 380. The van der Waals surface area contributed by atoms with Gasteiger partial charge in [-0.15, -0.1) is 11.3 Å². The predicted molar refractivity (Wildman–Crippen MR) is 59.9 cm³/mol. The third-order valence-corrected chi connectivity index (χ3v) is 3.55. The molecule has 1 aliphatic rings. The van der Waals surface area contributed by atoms with E-state index in [1.807, 2.05) is 0 Å². The van der Waals surface area contributed by atoms with Crippen LogP contribution in [-0.2, 0) is 4.74 Å². The van der Waals surface area contributed by atoms with Crippen molar-refractivity contribution < 1.29 is 14.6 Å². The van der Waals surface area contributed by atoms with E-state index in [9.17, 15) is 4.79 Å². The van der Waals surface area contributed by atoms with Crippen LogP contribution in [0.3, 0.4) is 0 Å². The van der Waals surface area contributed by atoms with Gasteiger partial charge in [-0.2, -0.15) is 0 Å². The number of thiazole rings is 1. The highest BCUT2D eigenvalue weighted by atomic mass is 32.1. The second kappa shape index (κ2) is 4.90. The van der Waals surface area contributed by atoms with Gasteiger partial charge in [0.15, 0.2) is 5.69 Å². The van der Waals surface area contributed by atoms with Crippen LogP contribution >= 0.6 is 11.3 Å². The van der Waals surface area contributed by atoms with Crippen LogP contribution in [0.1, 0.15) is 28.5 Å². The molecule has 16 heavy (non-hydrogen) atoms. The van der Waals surface area contributed by atoms with Crippen LogP contribution in [0.15, 0.2) is 5.38 Å². The Hall–Kier alpha value is -0.980. The van der Waals surface area contributed by atoms with Crippen LogP contribution in [0.5, 0.6) is 0 Å². The number of morpholine rings is 1. The number of carbonyl (C=O) groups is 1. The number of aromatic carboxylic acids is 1. The molecule has 1 unspecified atom stereocenters. The molecule has 1 fully saturated rings. The first-order valence-electron chi connectivity index (χ1n) is 5.23. The lowest BCUT2D eigenvalue weighted by Gasteiger charge is -2.30. The molecule has 0 aliphatic carbocycles. The number of rotatable bonds is 3. The fraction of sp³-hybridized carbons (Fsp3) is 0.600. The minimum atomic E-state index is -0.981. The number of aromatic nitrogens is 1. The highest BCUT2D eigenvalue weighted by Crippen LogP contribution is 2.25. The Morgan fingerprint density at radius 2 is 2.62 bits per heavy atom. The minimum Gasteiger partial charge on any atom is -0.476 e. The fourth-order valence-corrected chi connectivity index (χ4v) is 2.50.